The third kappa shape index (κ3) is 7.87. The number of aromatic nitrogens is 2. The largest absolute Gasteiger partial charge is 0.488 e. The molecule has 4 rings (SSSR count). The summed E-state index contributed by atoms with van der Waals surface area (Å²) in [5.41, 5.74) is 1.53. The van der Waals surface area contributed by atoms with Crippen molar-refractivity contribution in [3.8, 4) is 17.2 Å². The normalized spacial score (nSPS) is 14.1. The van der Waals surface area contributed by atoms with Gasteiger partial charge in [-0.15, -0.1) is 0 Å². The molecule has 2 aromatic carbocycles. The minimum absolute atomic E-state index is 0.0582. The molecule has 1 atom stereocenters. The lowest BCUT2D eigenvalue weighted by molar-refractivity contribution is 0.0651. The molecule has 42 heavy (non-hydrogen) atoms. The number of aryl methyl sites for hydroxylation is 1. The first kappa shape index (κ1) is 31.5. The zero-order valence-electron chi connectivity index (χ0n) is 25.3. The first-order valence-electron chi connectivity index (χ1n) is 14.0. The Labute approximate surface area is 253 Å². The van der Waals surface area contributed by atoms with Gasteiger partial charge in [-0.05, 0) is 68.7 Å². The highest BCUT2D eigenvalue weighted by atomic mass is 35.5. The lowest BCUT2D eigenvalue weighted by Crippen LogP contribution is -2.43. The molecule has 1 aromatic heterocycles. The number of ether oxygens (including phenoxy) is 2. The van der Waals surface area contributed by atoms with E-state index in [1.165, 1.54) is 6.20 Å². The molecule has 1 saturated heterocycles. The van der Waals surface area contributed by atoms with Gasteiger partial charge in [0.25, 0.3) is 11.8 Å². The summed E-state index contributed by atoms with van der Waals surface area (Å²) in [6, 6.07) is 9.87. The van der Waals surface area contributed by atoms with E-state index < -0.39 is 14.2 Å². The second kappa shape index (κ2) is 12.8. The van der Waals surface area contributed by atoms with Gasteiger partial charge >= 0.3 is 0 Å². The second-order valence-corrected chi connectivity index (χ2v) is 17.3. The van der Waals surface area contributed by atoms with Gasteiger partial charge in [-0.1, -0.05) is 32.4 Å². The Morgan fingerprint density at radius 2 is 1.76 bits per heavy atom. The fourth-order valence-corrected chi connectivity index (χ4v) is 5.13. The van der Waals surface area contributed by atoms with Gasteiger partial charge in [0.1, 0.15) is 23.4 Å². The molecule has 0 unspecified atom stereocenters. The summed E-state index contributed by atoms with van der Waals surface area (Å²) in [7, 11) is -1.97. The number of anilines is 1. The van der Waals surface area contributed by atoms with Crippen LogP contribution in [0.2, 0.25) is 23.2 Å². The monoisotopic (exact) mass is 610 g/mol. The Balaban J connectivity index is 1.56. The molecule has 1 aliphatic heterocycles. The molecule has 2 heterocycles. The van der Waals surface area contributed by atoms with Gasteiger partial charge in [0.15, 0.2) is 14.1 Å². The number of halogens is 1. The molecule has 3 aromatic rings. The fourth-order valence-electron chi connectivity index (χ4n) is 3.83. The highest BCUT2D eigenvalue weighted by Gasteiger charge is 2.37. The molecule has 1 fully saturated rings. The summed E-state index contributed by atoms with van der Waals surface area (Å²) >= 11 is 6.52. The van der Waals surface area contributed by atoms with E-state index in [4.69, 9.17) is 25.5 Å². The van der Waals surface area contributed by atoms with Gasteiger partial charge in [0, 0.05) is 30.3 Å². The van der Waals surface area contributed by atoms with Crippen LogP contribution in [-0.2, 0) is 4.43 Å². The quantitative estimate of drug-likeness (QED) is 0.244. The van der Waals surface area contributed by atoms with E-state index in [1.54, 1.807) is 47.5 Å². The number of likely N-dealkylation sites (tertiary alicyclic amines) is 1. The molecule has 1 N–H and O–H groups in total. The number of nitrogens with zero attached hydrogens (tertiary/aromatic N) is 3. The maximum absolute atomic E-state index is 13.2. The highest BCUT2D eigenvalue weighted by molar-refractivity contribution is 6.74. The Hall–Kier alpha value is -3.47. The number of rotatable bonds is 10. The summed E-state index contributed by atoms with van der Waals surface area (Å²) in [4.78, 5) is 36.0. The van der Waals surface area contributed by atoms with Crippen LogP contribution < -0.4 is 14.8 Å². The lowest BCUT2D eigenvalue weighted by Gasteiger charge is -2.36. The molecular weight excluding hydrogens is 572 g/mol. The van der Waals surface area contributed by atoms with Gasteiger partial charge in [0.2, 0.25) is 0 Å². The van der Waals surface area contributed by atoms with E-state index in [9.17, 15) is 9.59 Å². The van der Waals surface area contributed by atoms with Crippen molar-refractivity contribution in [2.24, 2.45) is 0 Å². The van der Waals surface area contributed by atoms with Gasteiger partial charge in [-0.25, -0.2) is 4.98 Å². The Bertz CT molecular complexity index is 1440. The Morgan fingerprint density at radius 1 is 1.05 bits per heavy atom. The van der Waals surface area contributed by atoms with Crippen LogP contribution in [0.4, 0.5) is 5.82 Å². The van der Waals surface area contributed by atoms with Crippen LogP contribution in [-0.4, -0.2) is 60.8 Å². The van der Waals surface area contributed by atoms with Crippen molar-refractivity contribution in [1.29, 1.82) is 0 Å². The van der Waals surface area contributed by atoms with Crippen molar-refractivity contribution in [2.75, 3.05) is 25.0 Å². The van der Waals surface area contributed by atoms with Gasteiger partial charge in [-0.2, -0.15) is 0 Å². The van der Waals surface area contributed by atoms with Gasteiger partial charge < -0.3 is 24.1 Å². The third-order valence-electron chi connectivity index (χ3n) is 7.54. The predicted molar refractivity (Wildman–Crippen MR) is 166 cm³/mol. The molecule has 224 valence electrons. The van der Waals surface area contributed by atoms with Crippen molar-refractivity contribution < 1.29 is 23.5 Å². The number of carbonyl (C=O) groups excluding carboxylic acids is 2. The molecule has 9 nitrogen and oxygen atoms in total. The molecule has 0 spiro atoms. The Morgan fingerprint density at radius 3 is 2.36 bits per heavy atom. The zero-order chi connectivity index (χ0) is 30.7. The minimum atomic E-state index is -1.97. The van der Waals surface area contributed by atoms with Crippen molar-refractivity contribution in [3.63, 3.8) is 0 Å². The number of nitrogens with one attached hydrogen (secondary N) is 1. The summed E-state index contributed by atoms with van der Waals surface area (Å²) < 4.78 is 18.7. The number of hydrogen-bond donors (Lipinski definition) is 1. The molecule has 11 heteroatoms. The van der Waals surface area contributed by atoms with Gasteiger partial charge in [0.05, 0.1) is 29.7 Å². The summed E-state index contributed by atoms with van der Waals surface area (Å²) in [5, 5.41) is 3.11. The average Bonchev–Trinajstić information content (AvgIpc) is 2.88. The number of benzene rings is 2. The predicted octanol–water partition coefficient (Wildman–Crippen LogP) is 7.12. The van der Waals surface area contributed by atoms with Crippen LogP contribution in [0.3, 0.4) is 0 Å². The van der Waals surface area contributed by atoms with Crippen molar-refractivity contribution >= 4 is 37.6 Å². The van der Waals surface area contributed by atoms with Crippen LogP contribution in [0.15, 0.2) is 48.8 Å². The molecule has 1 aliphatic rings. The van der Waals surface area contributed by atoms with Crippen molar-refractivity contribution in [2.45, 2.75) is 65.3 Å². The van der Waals surface area contributed by atoms with Crippen molar-refractivity contribution in [1.82, 2.24) is 14.9 Å². The topological polar surface area (TPSA) is 103 Å². The molecule has 0 saturated carbocycles. The van der Waals surface area contributed by atoms with E-state index in [-0.39, 0.29) is 22.1 Å². The number of hydrogen-bond acceptors (Lipinski definition) is 7. The van der Waals surface area contributed by atoms with E-state index in [1.807, 2.05) is 13.8 Å². The van der Waals surface area contributed by atoms with E-state index >= 15 is 0 Å². The molecule has 0 radical (unpaired) electrons. The summed E-state index contributed by atoms with van der Waals surface area (Å²) in [6.45, 7) is 16.6. The maximum Gasteiger partial charge on any atom is 0.257 e. The molecule has 2 amide bonds. The highest BCUT2D eigenvalue weighted by Crippen LogP contribution is 2.37. The number of amides is 2. The van der Waals surface area contributed by atoms with Crippen LogP contribution in [0.1, 0.15) is 60.5 Å². The smallest absolute Gasteiger partial charge is 0.257 e. The molecule has 0 aliphatic carbocycles. The minimum Gasteiger partial charge on any atom is -0.488 e. The van der Waals surface area contributed by atoms with Crippen LogP contribution in [0.25, 0.3) is 0 Å². The first-order valence-corrected chi connectivity index (χ1v) is 17.3. The Kier molecular flexibility index (Phi) is 9.59. The van der Waals surface area contributed by atoms with Crippen LogP contribution in [0.5, 0.6) is 17.2 Å². The van der Waals surface area contributed by atoms with Crippen LogP contribution in [0, 0.1) is 6.92 Å². The summed E-state index contributed by atoms with van der Waals surface area (Å²) in [6.07, 6.45) is 3.79. The zero-order valence-corrected chi connectivity index (χ0v) is 27.0. The second-order valence-electron chi connectivity index (χ2n) is 12.1. The van der Waals surface area contributed by atoms with Crippen molar-refractivity contribution in [3.05, 3.63) is 70.6 Å². The van der Waals surface area contributed by atoms with Crippen LogP contribution >= 0.6 is 11.6 Å². The third-order valence-corrected chi connectivity index (χ3v) is 12.3. The standard InChI is InChI=1S/C31H39ClN4O5Si/c1-20-17-34-28(18-33-20)35-29(37)23-13-24(40-21(2)19-39-42(6,7)31(3,4)5)16-25(14-23)41-27-10-9-22(15-26(27)32)30(38)36-11-8-12-36/h9-10,13-18,21H,8,11-12,19H2,1-7H3,(H,34,35,37)/t21-/m0/s1. The first-order chi connectivity index (χ1) is 19.7. The lowest BCUT2D eigenvalue weighted by atomic mass is 10.1. The SMILES string of the molecule is Cc1cnc(NC(=O)c2cc(Oc3ccc(C(=O)N4CCC4)cc3Cl)cc(O[C@@H](C)CO[Si](C)(C)C(C)(C)C)c2)cn1. The fraction of sp³-hybridized carbons (Fsp3) is 0.419. The molecular formula is C31H39ClN4O5Si. The van der Waals surface area contributed by atoms with E-state index in [0.717, 1.165) is 25.2 Å². The number of carbonyl (C=O) groups is 2. The van der Waals surface area contributed by atoms with Gasteiger partial charge in [-0.3, -0.25) is 14.6 Å². The maximum atomic E-state index is 13.2. The molecule has 0 bridgehead atoms. The average molecular weight is 611 g/mol. The van der Waals surface area contributed by atoms with E-state index in [0.29, 0.717) is 40.8 Å². The summed E-state index contributed by atoms with van der Waals surface area (Å²) in [5.74, 6) is 0.973. The van der Waals surface area contributed by atoms with E-state index in [2.05, 4.69) is 49.1 Å².